The Morgan fingerprint density at radius 3 is 1.56 bits per heavy atom. The van der Waals surface area contributed by atoms with Crippen LogP contribution in [0.3, 0.4) is 0 Å². The molecule has 13 heteroatoms. The van der Waals surface area contributed by atoms with Crippen LogP contribution in [0.2, 0.25) is 0 Å². The molecule has 0 aliphatic heterocycles. The van der Waals surface area contributed by atoms with Gasteiger partial charge in [0, 0.05) is 74.5 Å². The molecule has 5 nitrogen and oxygen atoms in total. The number of benzene rings is 5. The van der Waals surface area contributed by atoms with Crippen molar-refractivity contribution in [3.8, 4) is 22.3 Å². The molecule has 300 valence electrons. The van der Waals surface area contributed by atoms with E-state index < -0.39 is 71.9 Å². The Morgan fingerprint density at radius 2 is 0.951 bits per heavy atom. The zero-order valence-electron chi connectivity index (χ0n) is 31.3. The molecule has 0 radical (unpaired) electrons. The Kier molecular flexibility index (Phi) is 6.39. The van der Waals surface area contributed by atoms with Crippen molar-refractivity contribution in [2.45, 2.75) is 49.4 Å². The van der Waals surface area contributed by atoms with Gasteiger partial charge >= 0.3 is 0 Å². The second-order valence-corrected chi connectivity index (χ2v) is 16.3. The van der Waals surface area contributed by atoms with Gasteiger partial charge in [0.25, 0.3) is 23.7 Å². The van der Waals surface area contributed by atoms with E-state index in [9.17, 15) is 0 Å². The zero-order chi connectivity index (χ0) is 41.5. The summed E-state index contributed by atoms with van der Waals surface area (Å²) >= 11 is 0. The minimum absolute atomic E-state index is 0.00799. The number of furan rings is 2. The van der Waals surface area contributed by atoms with Gasteiger partial charge in [0.15, 0.2) is 0 Å². The molecule has 0 bridgehead atoms. The summed E-state index contributed by atoms with van der Waals surface area (Å²) in [7, 11) is 0. The van der Waals surface area contributed by atoms with Crippen molar-refractivity contribution >= 4 is 82.0 Å². The van der Waals surface area contributed by atoms with Crippen LogP contribution in [0.15, 0.2) is 112 Å². The lowest BCUT2D eigenvalue weighted by Gasteiger charge is -2.31. The molecule has 0 fully saturated rings. The Bertz CT molecular complexity index is 3720. The van der Waals surface area contributed by atoms with Crippen molar-refractivity contribution in [2.24, 2.45) is 0 Å². The van der Waals surface area contributed by atoms with Crippen LogP contribution in [-0.2, 0) is 23.7 Å². The lowest BCUT2D eigenvalue weighted by atomic mass is 9.85. The normalized spacial score (nSPS) is 18.1. The lowest BCUT2D eigenvalue weighted by Crippen LogP contribution is -2.32. The molecular weight excluding hydrogens is 803 g/mol. The summed E-state index contributed by atoms with van der Waals surface area (Å²) in [5.41, 5.74) is -0.525. The van der Waals surface area contributed by atoms with E-state index in [4.69, 9.17) is 8.83 Å². The average Bonchev–Trinajstić information content (AvgIpc) is 4.00. The van der Waals surface area contributed by atoms with Gasteiger partial charge in [-0.3, -0.25) is 9.97 Å². The fraction of sp³-hybridized carbons (Fsp3) is 0.167. The maximum Gasteiger partial charge on any atom is 0.290 e. The molecule has 61 heavy (non-hydrogen) atoms. The Balaban J connectivity index is 1.36. The van der Waals surface area contributed by atoms with Crippen LogP contribution in [0.4, 0.5) is 35.1 Å². The van der Waals surface area contributed by atoms with E-state index in [0.717, 1.165) is 17.8 Å². The number of hydrogen-bond donors (Lipinski definition) is 0. The number of fused-ring (bicyclic) bond motifs is 17. The maximum absolute atomic E-state index is 16.5. The van der Waals surface area contributed by atoms with E-state index in [0.29, 0.717) is 44.2 Å². The molecule has 13 rings (SSSR count). The van der Waals surface area contributed by atoms with Gasteiger partial charge in [0.05, 0.1) is 45.5 Å². The summed E-state index contributed by atoms with van der Waals surface area (Å²) in [4.78, 5) is 7.86. The number of rotatable bonds is 2. The molecule has 0 amide bonds. The minimum atomic E-state index is -3.80. The van der Waals surface area contributed by atoms with Gasteiger partial charge in [-0.25, -0.2) is 17.6 Å². The van der Waals surface area contributed by atoms with Crippen molar-refractivity contribution in [3.63, 3.8) is 0 Å². The highest BCUT2D eigenvalue weighted by atomic mass is 19.3. The number of pyridine rings is 2. The summed E-state index contributed by atoms with van der Waals surface area (Å²) in [6, 6.07) is 27.5. The lowest BCUT2D eigenvalue weighted by molar-refractivity contribution is -0.0976. The van der Waals surface area contributed by atoms with Crippen LogP contribution in [-0.4, -0.2) is 14.4 Å². The number of halogens is 8. The Hall–Kier alpha value is -6.76. The molecule has 6 aromatic heterocycles. The molecule has 0 N–H and O–H groups in total. The molecule has 2 aliphatic rings. The van der Waals surface area contributed by atoms with E-state index in [1.807, 2.05) is 84.9 Å². The van der Waals surface area contributed by atoms with Crippen molar-refractivity contribution in [1.82, 2.24) is 14.4 Å². The Morgan fingerprint density at radius 1 is 0.459 bits per heavy atom. The van der Waals surface area contributed by atoms with Gasteiger partial charge in [-0.1, -0.05) is 78.9 Å². The fourth-order valence-electron chi connectivity index (χ4n) is 10.4. The topological polar surface area (TPSA) is 56.5 Å². The van der Waals surface area contributed by atoms with E-state index in [-0.39, 0.29) is 54.6 Å². The highest BCUT2D eigenvalue weighted by molar-refractivity contribution is 6.37. The predicted octanol–water partition coefficient (Wildman–Crippen LogP) is 14.7. The van der Waals surface area contributed by atoms with Crippen molar-refractivity contribution in [1.29, 1.82) is 0 Å². The summed E-state index contributed by atoms with van der Waals surface area (Å²) < 4.78 is 144. The van der Waals surface area contributed by atoms with Crippen molar-refractivity contribution < 1.29 is 44.0 Å². The van der Waals surface area contributed by atoms with Gasteiger partial charge in [-0.2, -0.15) is 17.6 Å². The second kappa shape index (κ2) is 11.1. The summed E-state index contributed by atoms with van der Waals surface area (Å²) in [6.45, 7) is 0. The summed E-state index contributed by atoms with van der Waals surface area (Å²) in [5, 5.41) is 1.48. The predicted molar refractivity (Wildman–Crippen MR) is 216 cm³/mol. The zero-order valence-corrected chi connectivity index (χ0v) is 31.3. The van der Waals surface area contributed by atoms with Crippen LogP contribution in [0.5, 0.6) is 0 Å². The quantitative estimate of drug-likeness (QED) is 0.163. The molecule has 0 saturated heterocycles. The molecular formula is C48H25F8N3O2. The second-order valence-electron chi connectivity index (χ2n) is 16.3. The first kappa shape index (κ1) is 35.0. The molecule has 2 aliphatic carbocycles. The molecule has 5 aromatic carbocycles. The number of para-hydroxylation sites is 1. The smallest absolute Gasteiger partial charge is 0.290 e. The molecule has 0 unspecified atom stereocenters. The molecule has 6 heterocycles. The number of alkyl halides is 8. The summed E-state index contributed by atoms with van der Waals surface area (Å²) in [5.74, 6) is -15.0. The standard InChI is InChI=1S/C48H25F8N3O2/c49-45(50)15-17-47(53,54)43-37(45)32-25-19-26-34-31(23-11-5-2-6-12-23)41-33(24-13-7-8-14-29(24)60-41)30(22-9-3-1-4-10-22)42(34)61-40(26)36-35-28(59(39(25)36)27(32)20-57-43)21-58-44-38(35)46(51,52)16-18-48(44,55)56/h1-14,19-21H,15-18H2. The van der Waals surface area contributed by atoms with Crippen LogP contribution < -0.4 is 0 Å². The van der Waals surface area contributed by atoms with E-state index >= 15 is 35.1 Å². The third-order valence-electron chi connectivity index (χ3n) is 12.9. The third-order valence-corrected chi connectivity index (χ3v) is 12.9. The Labute approximate surface area is 337 Å². The number of aromatic nitrogens is 3. The largest absolute Gasteiger partial charge is 0.455 e. The van der Waals surface area contributed by atoms with Crippen LogP contribution >= 0.6 is 0 Å². The maximum atomic E-state index is 16.5. The first-order valence-corrected chi connectivity index (χ1v) is 19.7. The molecule has 0 saturated carbocycles. The first-order valence-electron chi connectivity index (χ1n) is 19.7. The van der Waals surface area contributed by atoms with Gasteiger partial charge < -0.3 is 13.2 Å². The highest BCUT2D eigenvalue weighted by Crippen LogP contribution is 2.59. The van der Waals surface area contributed by atoms with Crippen molar-refractivity contribution in [3.05, 3.63) is 126 Å². The number of nitrogens with zero attached hydrogens (tertiary/aromatic N) is 3. The van der Waals surface area contributed by atoms with Gasteiger partial charge in [-0.15, -0.1) is 0 Å². The van der Waals surface area contributed by atoms with Gasteiger partial charge in [0.1, 0.15) is 33.7 Å². The van der Waals surface area contributed by atoms with Gasteiger partial charge in [-0.05, 0) is 23.3 Å². The minimum Gasteiger partial charge on any atom is -0.455 e. The van der Waals surface area contributed by atoms with Crippen LogP contribution in [0, 0.1) is 0 Å². The highest BCUT2D eigenvalue weighted by Gasteiger charge is 2.54. The monoisotopic (exact) mass is 827 g/mol. The van der Waals surface area contributed by atoms with E-state index in [2.05, 4.69) is 9.97 Å². The van der Waals surface area contributed by atoms with Crippen molar-refractivity contribution in [2.75, 3.05) is 0 Å². The van der Waals surface area contributed by atoms with Crippen LogP contribution in [0.25, 0.3) is 104 Å². The number of hydrogen-bond acceptors (Lipinski definition) is 4. The molecule has 0 atom stereocenters. The van der Waals surface area contributed by atoms with E-state index in [1.165, 1.54) is 4.40 Å². The molecule has 11 aromatic rings. The summed E-state index contributed by atoms with van der Waals surface area (Å²) in [6.07, 6.45) is -2.59. The average molecular weight is 828 g/mol. The first-order chi connectivity index (χ1) is 29.3. The van der Waals surface area contributed by atoms with Crippen LogP contribution in [0.1, 0.15) is 48.2 Å². The van der Waals surface area contributed by atoms with E-state index in [1.54, 1.807) is 6.07 Å². The fourth-order valence-corrected chi connectivity index (χ4v) is 10.4. The third kappa shape index (κ3) is 4.30. The SMILES string of the molecule is FC1(F)CCC(F)(F)c2c1ncc1c2c2cc3c(oc4c(-c5ccccc5)c5c(oc6ccccc65)c(-c5ccccc5)c43)c3c4c5c(ncc4n1c23)C(F)(F)CCC5(F)F. The molecule has 0 spiro atoms. The van der Waals surface area contributed by atoms with Gasteiger partial charge in [0.2, 0.25) is 0 Å².